The van der Waals surface area contributed by atoms with Crippen LogP contribution in [-0.4, -0.2) is 17.3 Å². The number of rotatable bonds is 4. The summed E-state index contributed by atoms with van der Waals surface area (Å²) < 4.78 is 0. The van der Waals surface area contributed by atoms with Gasteiger partial charge in [0.05, 0.1) is 18.1 Å². The van der Waals surface area contributed by atoms with E-state index in [9.17, 15) is 5.11 Å². The van der Waals surface area contributed by atoms with Crippen LogP contribution in [0.3, 0.4) is 0 Å². The molecule has 0 atom stereocenters. The van der Waals surface area contributed by atoms with Crippen molar-refractivity contribution >= 4 is 5.69 Å². The fraction of sp³-hybridized carbons (Fsp3) is 0.562. The molecule has 1 aliphatic rings. The number of hydrogen-bond donors (Lipinski definition) is 2. The minimum Gasteiger partial charge on any atom is -0.388 e. The number of nitrogens with one attached hydrogen (secondary N) is 1. The Kier molecular flexibility index (Phi) is 4.81. The van der Waals surface area contributed by atoms with E-state index < -0.39 is 5.60 Å². The standard InChI is InChI=1S/C16H22N2O/c17-12-9-14-5-7-15(8-6-14)18-13-16(19)10-3-1-2-4-11-16/h5-8,18-19H,1-4,9-11,13H2. The number of nitriles is 1. The van der Waals surface area contributed by atoms with Crippen molar-refractivity contribution in [1.82, 2.24) is 0 Å². The summed E-state index contributed by atoms with van der Waals surface area (Å²) in [6.45, 7) is 0.616. The Labute approximate surface area is 115 Å². The Morgan fingerprint density at radius 2 is 1.74 bits per heavy atom. The van der Waals surface area contributed by atoms with E-state index >= 15 is 0 Å². The molecule has 3 heteroatoms. The highest BCUT2D eigenvalue weighted by Crippen LogP contribution is 2.27. The molecule has 1 aromatic carbocycles. The summed E-state index contributed by atoms with van der Waals surface area (Å²) in [5.74, 6) is 0. The van der Waals surface area contributed by atoms with Crippen molar-refractivity contribution in [3.05, 3.63) is 29.8 Å². The molecule has 0 radical (unpaired) electrons. The number of hydrogen-bond acceptors (Lipinski definition) is 3. The Bertz CT molecular complexity index is 425. The van der Waals surface area contributed by atoms with Crippen LogP contribution in [0.2, 0.25) is 0 Å². The zero-order valence-corrected chi connectivity index (χ0v) is 11.4. The summed E-state index contributed by atoms with van der Waals surface area (Å²) in [6.07, 6.45) is 6.97. The Morgan fingerprint density at radius 1 is 1.11 bits per heavy atom. The fourth-order valence-electron chi connectivity index (χ4n) is 2.66. The number of anilines is 1. The topological polar surface area (TPSA) is 56.0 Å². The maximum atomic E-state index is 10.5. The van der Waals surface area contributed by atoms with Gasteiger partial charge < -0.3 is 10.4 Å². The van der Waals surface area contributed by atoms with Crippen molar-refractivity contribution in [1.29, 1.82) is 5.26 Å². The Hall–Kier alpha value is -1.53. The van der Waals surface area contributed by atoms with Gasteiger partial charge in [0.15, 0.2) is 0 Å². The monoisotopic (exact) mass is 258 g/mol. The van der Waals surface area contributed by atoms with Crippen molar-refractivity contribution in [3.63, 3.8) is 0 Å². The first-order valence-electron chi connectivity index (χ1n) is 7.14. The lowest BCUT2D eigenvalue weighted by molar-refractivity contribution is 0.0381. The molecule has 3 nitrogen and oxygen atoms in total. The minimum atomic E-state index is -0.554. The third-order valence-corrected chi connectivity index (χ3v) is 3.89. The van der Waals surface area contributed by atoms with Gasteiger partial charge in [0, 0.05) is 12.2 Å². The summed E-state index contributed by atoms with van der Waals surface area (Å²) in [4.78, 5) is 0. The Morgan fingerprint density at radius 3 is 2.32 bits per heavy atom. The molecule has 2 rings (SSSR count). The normalized spacial score (nSPS) is 18.3. The van der Waals surface area contributed by atoms with Gasteiger partial charge in [-0.05, 0) is 30.5 Å². The Balaban J connectivity index is 1.88. The van der Waals surface area contributed by atoms with Crippen molar-refractivity contribution in [2.24, 2.45) is 0 Å². The van der Waals surface area contributed by atoms with Crippen molar-refractivity contribution < 1.29 is 5.11 Å². The van der Waals surface area contributed by atoms with Gasteiger partial charge in [0.2, 0.25) is 0 Å². The molecular weight excluding hydrogens is 236 g/mol. The number of benzene rings is 1. The highest BCUT2D eigenvalue weighted by atomic mass is 16.3. The summed E-state index contributed by atoms with van der Waals surface area (Å²) in [6, 6.07) is 10.0. The van der Waals surface area contributed by atoms with E-state index in [4.69, 9.17) is 5.26 Å². The second-order valence-electron chi connectivity index (χ2n) is 5.52. The zero-order chi connectivity index (χ0) is 13.6. The van der Waals surface area contributed by atoms with E-state index in [2.05, 4.69) is 11.4 Å². The number of nitrogens with zero attached hydrogens (tertiary/aromatic N) is 1. The predicted octanol–water partition coefficient (Wildman–Crippen LogP) is 3.25. The first-order valence-corrected chi connectivity index (χ1v) is 7.14. The van der Waals surface area contributed by atoms with Crippen LogP contribution in [0.4, 0.5) is 5.69 Å². The van der Waals surface area contributed by atoms with Crippen LogP contribution in [0.1, 0.15) is 44.1 Å². The highest BCUT2D eigenvalue weighted by Gasteiger charge is 2.27. The van der Waals surface area contributed by atoms with Crippen molar-refractivity contribution in [3.8, 4) is 6.07 Å². The molecule has 19 heavy (non-hydrogen) atoms. The van der Waals surface area contributed by atoms with Gasteiger partial charge in [-0.1, -0.05) is 37.8 Å². The molecule has 0 heterocycles. The minimum absolute atomic E-state index is 0.449. The molecule has 1 aliphatic carbocycles. The predicted molar refractivity (Wildman–Crippen MR) is 76.9 cm³/mol. The molecule has 1 fully saturated rings. The average molecular weight is 258 g/mol. The average Bonchev–Trinajstić information content (AvgIpc) is 2.64. The molecule has 2 N–H and O–H groups in total. The van der Waals surface area contributed by atoms with Crippen molar-refractivity contribution in [2.75, 3.05) is 11.9 Å². The van der Waals surface area contributed by atoms with E-state index in [1.807, 2.05) is 24.3 Å². The molecule has 0 aliphatic heterocycles. The van der Waals surface area contributed by atoms with Crippen LogP contribution < -0.4 is 5.32 Å². The van der Waals surface area contributed by atoms with Crippen molar-refractivity contribution in [2.45, 2.75) is 50.5 Å². The first-order chi connectivity index (χ1) is 9.22. The quantitative estimate of drug-likeness (QED) is 0.815. The molecule has 0 spiro atoms. The van der Waals surface area contributed by atoms with Crippen LogP contribution in [0.25, 0.3) is 0 Å². The SMILES string of the molecule is N#CCc1ccc(NCC2(O)CCCCCC2)cc1. The molecule has 0 saturated heterocycles. The van der Waals surface area contributed by atoms with Gasteiger partial charge in [0.1, 0.15) is 0 Å². The van der Waals surface area contributed by atoms with E-state index in [0.29, 0.717) is 13.0 Å². The first kappa shape index (κ1) is 13.9. The van der Waals surface area contributed by atoms with Crippen LogP contribution in [0.15, 0.2) is 24.3 Å². The molecular formula is C16H22N2O. The maximum Gasteiger partial charge on any atom is 0.0819 e. The van der Waals surface area contributed by atoms with Crippen LogP contribution >= 0.6 is 0 Å². The third-order valence-electron chi connectivity index (χ3n) is 3.89. The summed E-state index contributed by atoms with van der Waals surface area (Å²) >= 11 is 0. The van der Waals surface area contributed by atoms with Crippen LogP contribution in [0.5, 0.6) is 0 Å². The highest BCUT2D eigenvalue weighted by molar-refractivity contribution is 5.45. The molecule has 1 aromatic rings. The second kappa shape index (κ2) is 6.58. The summed E-state index contributed by atoms with van der Waals surface area (Å²) in [5.41, 5.74) is 1.49. The molecule has 0 aromatic heterocycles. The smallest absolute Gasteiger partial charge is 0.0819 e. The lowest BCUT2D eigenvalue weighted by atomic mass is 9.94. The van der Waals surface area contributed by atoms with Gasteiger partial charge >= 0.3 is 0 Å². The van der Waals surface area contributed by atoms with Gasteiger partial charge in [-0.2, -0.15) is 5.26 Å². The molecule has 0 amide bonds. The van der Waals surface area contributed by atoms with E-state index in [-0.39, 0.29) is 0 Å². The molecule has 1 saturated carbocycles. The van der Waals surface area contributed by atoms with E-state index in [1.165, 1.54) is 12.8 Å². The maximum absolute atomic E-state index is 10.5. The van der Waals surface area contributed by atoms with Gasteiger partial charge in [-0.15, -0.1) is 0 Å². The van der Waals surface area contributed by atoms with Gasteiger partial charge in [-0.3, -0.25) is 0 Å². The van der Waals surface area contributed by atoms with E-state index in [1.54, 1.807) is 0 Å². The second-order valence-corrected chi connectivity index (χ2v) is 5.52. The zero-order valence-electron chi connectivity index (χ0n) is 11.4. The molecule has 0 unspecified atom stereocenters. The fourth-order valence-corrected chi connectivity index (χ4v) is 2.66. The largest absolute Gasteiger partial charge is 0.388 e. The molecule has 0 bridgehead atoms. The summed E-state index contributed by atoms with van der Waals surface area (Å²) in [7, 11) is 0. The van der Waals surface area contributed by atoms with Gasteiger partial charge in [-0.25, -0.2) is 0 Å². The van der Waals surface area contributed by atoms with Crippen LogP contribution in [0, 0.1) is 11.3 Å². The molecule has 102 valence electrons. The summed E-state index contributed by atoms with van der Waals surface area (Å²) in [5, 5.41) is 22.5. The number of aliphatic hydroxyl groups is 1. The third kappa shape index (κ3) is 4.25. The lowest BCUT2D eigenvalue weighted by Gasteiger charge is -2.27. The van der Waals surface area contributed by atoms with E-state index in [0.717, 1.165) is 36.9 Å². The van der Waals surface area contributed by atoms with Crippen LogP contribution in [-0.2, 0) is 6.42 Å². The van der Waals surface area contributed by atoms with Gasteiger partial charge in [0.25, 0.3) is 0 Å². The lowest BCUT2D eigenvalue weighted by Crippen LogP contribution is -2.36.